The average molecular weight is 467 g/mol. The van der Waals surface area contributed by atoms with Crippen LogP contribution >= 0.6 is 11.3 Å². The SMILES string of the molecule is CC(C)c1cc(=O)[nH]nc1-c1sc(NC(=O)c2cccc3ccccc23)nc1-c1ccccc1. The van der Waals surface area contributed by atoms with Gasteiger partial charge in [0.2, 0.25) is 0 Å². The third-order valence-electron chi connectivity index (χ3n) is 5.60. The number of carbonyl (C=O) groups excluding carboxylic acids is 1. The van der Waals surface area contributed by atoms with E-state index in [1.165, 1.54) is 11.3 Å². The summed E-state index contributed by atoms with van der Waals surface area (Å²) in [5.74, 6) is -0.139. The number of carbonyl (C=O) groups is 1. The van der Waals surface area contributed by atoms with Crippen LogP contribution in [0, 0.1) is 0 Å². The number of nitrogens with one attached hydrogen (secondary N) is 2. The zero-order chi connectivity index (χ0) is 23.7. The van der Waals surface area contributed by atoms with Crippen LogP contribution in [-0.2, 0) is 0 Å². The van der Waals surface area contributed by atoms with Crippen molar-refractivity contribution in [3.63, 3.8) is 0 Å². The van der Waals surface area contributed by atoms with Gasteiger partial charge >= 0.3 is 0 Å². The molecule has 0 fully saturated rings. The maximum Gasteiger partial charge on any atom is 0.264 e. The molecule has 0 atom stereocenters. The molecule has 5 rings (SSSR count). The number of aromatic nitrogens is 3. The van der Waals surface area contributed by atoms with E-state index < -0.39 is 0 Å². The summed E-state index contributed by atoms with van der Waals surface area (Å²) >= 11 is 1.35. The van der Waals surface area contributed by atoms with Crippen LogP contribution in [0.4, 0.5) is 5.13 Å². The van der Waals surface area contributed by atoms with Gasteiger partial charge in [-0.05, 0) is 28.3 Å². The third-order valence-corrected chi connectivity index (χ3v) is 6.58. The first-order valence-electron chi connectivity index (χ1n) is 11.0. The van der Waals surface area contributed by atoms with Crippen molar-refractivity contribution < 1.29 is 4.79 Å². The number of anilines is 1. The number of H-pyrrole nitrogens is 1. The summed E-state index contributed by atoms with van der Waals surface area (Å²) in [7, 11) is 0. The normalized spacial score (nSPS) is 11.1. The topological polar surface area (TPSA) is 87.7 Å². The van der Waals surface area contributed by atoms with Gasteiger partial charge in [0.1, 0.15) is 5.69 Å². The Morgan fingerprint density at radius 2 is 1.68 bits per heavy atom. The van der Waals surface area contributed by atoms with E-state index in [1.807, 2.05) is 86.6 Å². The molecule has 1 amide bonds. The molecule has 0 saturated heterocycles. The highest BCUT2D eigenvalue weighted by atomic mass is 32.1. The van der Waals surface area contributed by atoms with E-state index in [4.69, 9.17) is 4.98 Å². The molecular formula is C27H22N4O2S. The van der Waals surface area contributed by atoms with Gasteiger partial charge in [0.25, 0.3) is 11.5 Å². The minimum Gasteiger partial charge on any atom is -0.298 e. The molecule has 34 heavy (non-hydrogen) atoms. The largest absolute Gasteiger partial charge is 0.298 e. The number of aromatic amines is 1. The van der Waals surface area contributed by atoms with Gasteiger partial charge in [-0.25, -0.2) is 10.1 Å². The minimum absolute atomic E-state index is 0.0873. The van der Waals surface area contributed by atoms with Gasteiger partial charge in [-0.2, -0.15) is 5.10 Å². The van der Waals surface area contributed by atoms with Crippen molar-refractivity contribution in [2.24, 2.45) is 0 Å². The van der Waals surface area contributed by atoms with Crippen molar-refractivity contribution in [3.8, 4) is 21.8 Å². The molecular weight excluding hydrogens is 444 g/mol. The zero-order valence-electron chi connectivity index (χ0n) is 18.7. The number of benzene rings is 3. The maximum absolute atomic E-state index is 13.2. The van der Waals surface area contributed by atoms with Gasteiger partial charge in [-0.1, -0.05) is 91.9 Å². The van der Waals surface area contributed by atoms with Crippen molar-refractivity contribution in [3.05, 3.63) is 100 Å². The van der Waals surface area contributed by atoms with Gasteiger partial charge in [0, 0.05) is 17.2 Å². The fourth-order valence-corrected chi connectivity index (χ4v) is 4.95. The van der Waals surface area contributed by atoms with Crippen molar-refractivity contribution in [2.75, 3.05) is 5.32 Å². The molecule has 2 heterocycles. The third kappa shape index (κ3) is 4.13. The second-order valence-electron chi connectivity index (χ2n) is 8.23. The Morgan fingerprint density at radius 1 is 0.941 bits per heavy atom. The summed E-state index contributed by atoms with van der Waals surface area (Å²) in [6.45, 7) is 4.04. The summed E-state index contributed by atoms with van der Waals surface area (Å²) in [5.41, 5.74) is 3.44. The number of amides is 1. The molecule has 2 aromatic heterocycles. The standard InChI is InChI=1S/C27H22N4O2S/c1-16(2)21-15-22(32)30-31-24(21)25-23(18-10-4-3-5-11-18)28-27(34-25)29-26(33)20-14-8-12-17-9-6-7-13-19(17)20/h3-16H,1-2H3,(H,30,32)(H,28,29,33). The number of rotatable bonds is 5. The highest BCUT2D eigenvalue weighted by Crippen LogP contribution is 2.40. The maximum atomic E-state index is 13.2. The average Bonchev–Trinajstić information content (AvgIpc) is 3.27. The molecule has 7 heteroatoms. The molecule has 0 unspecified atom stereocenters. The Balaban J connectivity index is 1.61. The van der Waals surface area contributed by atoms with Crippen LogP contribution in [0.1, 0.15) is 35.7 Å². The first-order valence-corrected chi connectivity index (χ1v) is 11.8. The van der Waals surface area contributed by atoms with Crippen LogP contribution in [0.5, 0.6) is 0 Å². The molecule has 3 aromatic carbocycles. The quantitative estimate of drug-likeness (QED) is 0.328. The Bertz CT molecular complexity index is 1550. The lowest BCUT2D eigenvalue weighted by Gasteiger charge is -2.10. The predicted octanol–water partition coefficient (Wildman–Crippen LogP) is 6.09. The van der Waals surface area contributed by atoms with Crippen LogP contribution in [0.2, 0.25) is 0 Å². The van der Waals surface area contributed by atoms with Crippen LogP contribution in [0.15, 0.2) is 83.7 Å². The molecule has 0 aliphatic heterocycles. The summed E-state index contributed by atoms with van der Waals surface area (Å²) in [4.78, 5) is 30.8. The molecule has 0 aliphatic rings. The zero-order valence-corrected chi connectivity index (χ0v) is 19.5. The van der Waals surface area contributed by atoms with Crippen molar-refractivity contribution in [1.82, 2.24) is 15.2 Å². The summed E-state index contributed by atoms with van der Waals surface area (Å²) < 4.78 is 0. The molecule has 6 nitrogen and oxygen atoms in total. The second kappa shape index (κ2) is 9.03. The number of thiazole rings is 1. The summed E-state index contributed by atoms with van der Waals surface area (Å²) in [6.07, 6.45) is 0. The Labute approximate surface area is 200 Å². The van der Waals surface area contributed by atoms with E-state index in [9.17, 15) is 9.59 Å². The summed E-state index contributed by atoms with van der Waals surface area (Å²) in [6, 6.07) is 24.8. The Morgan fingerprint density at radius 3 is 2.47 bits per heavy atom. The number of fused-ring (bicyclic) bond motifs is 1. The van der Waals surface area contributed by atoms with Crippen molar-refractivity contribution in [1.29, 1.82) is 0 Å². The lowest BCUT2D eigenvalue weighted by molar-refractivity contribution is 0.102. The number of hydrogen-bond acceptors (Lipinski definition) is 5. The van der Waals surface area contributed by atoms with E-state index in [-0.39, 0.29) is 17.4 Å². The van der Waals surface area contributed by atoms with Crippen LogP contribution < -0.4 is 10.9 Å². The fraction of sp³-hybridized carbons (Fsp3) is 0.111. The molecule has 0 saturated carbocycles. The smallest absolute Gasteiger partial charge is 0.264 e. The molecule has 5 aromatic rings. The summed E-state index contributed by atoms with van der Waals surface area (Å²) in [5, 5.41) is 12.2. The lowest BCUT2D eigenvalue weighted by Crippen LogP contribution is -2.12. The molecule has 0 spiro atoms. The van der Waals surface area contributed by atoms with Crippen molar-refractivity contribution >= 4 is 33.1 Å². The monoisotopic (exact) mass is 466 g/mol. The van der Waals surface area contributed by atoms with E-state index in [2.05, 4.69) is 15.5 Å². The molecule has 0 radical (unpaired) electrons. The number of hydrogen-bond donors (Lipinski definition) is 2. The van der Waals surface area contributed by atoms with Gasteiger partial charge in [0.15, 0.2) is 5.13 Å². The lowest BCUT2D eigenvalue weighted by atomic mass is 10.00. The van der Waals surface area contributed by atoms with Crippen LogP contribution in [0.25, 0.3) is 32.6 Å². The van der Waals surface area contributed by atoms with E-state index in [0.29, 0.717) is 22.1 Å². The number of nitrogens with zero attached hydrogens (tertiary/aromatic N) is 2. The molecule has 2 N–H and O–H groups in total. The van der Waals surface area contributed by atoms with E-state index in [1.54, 1.807) is 6.07 Å². The Kier molecular flexibility index (Phi) is 5.77. The van der Waals surface area contributed by atoms with Crippen molar-refractivity contribution in [2.45, 2.75) is 19.8 Å². The Hall–Kier alpha value is -4.10. The first kappa shape index (κ1) is 21.7. The van der Waals surface area contributed by atoms with Gasteiger partial charge in [-0.3, -0.25) is 14.9 Å². The van der Waals surface area contributed by atoms with Crippen LogP contribution in [0.3, 0.4) is 0 Å². The van der Waals surface area contributed by atoms with Gasteiger partial charge in [0.05, 0.1) is 10.6 Å². The van der Waals surface area contributed by atoms with Gasteiger partial charge in [-0.15, -0.1) is 0 Å². The first-order chi connectivity index (χ1) is 16.5. The van der Waals surface area contributed by atoms with E-state index >= 15 is 0 Å². The second-order valence-corrected chi connectivity index (χ2v) is 9.23. The van der Waals surface area contributed by atoms with Crippen LogP contribution in [-0.4, -0.2) is 21.1 Å². The molecule has 168 valence electrons. The highest BCUT2D eigenvalue weighted by Gasteiger charge is 2.22. The molecule has 0 bridgehead atoms. The van der Waals surface area contributed by atoms with Gasteiger partial charge < -0.3 is 0 Å². The fourth-order valence-electron chi connectivity index (χ4n) is 3.95. The predicted molar refractivity (Wildman–Crippen MR) is 137 cm³/mol. The highest BCUT2D eigenvalue weighted by molar-refractivity contribution is 7.19. The minimum atomic E-state index is -0.247. The van der Waals surface area contributed by atoms with E-state index in [0.717, 1.165) is 26.8 Å². The molecule has 0 aliphatic carbocycles.